The molecule has 2 N–H and O–H groups in total. The molecule has 5 heterocycles. The van der Waals surface area contributed by atoms with Crippen LogP contribution in [0.15, 0.2) is 78.9 Å². The largest absolute Gasteiger partial charge is 0.508 e. The number of carbonyl (C=O) groups excluding carboxylic acids is 3. The zero-order chi connectivity index (χ0) is 39.2. The molecule has 11 nitrogen and oxygen atoms in total. The van der Waals surface area contributed by atoms with Gasteiger partial charge in [0.05, 0.1) is 19.4 Å². The number of anilines is 2. The minimum absolute atomic E-state index is 0.0560. The molecule has 4 aromatic rings. The fourth-order valence-corrected chi connectivity index (χ4v) is 9.59. The van der Waals surface area contributed by atoms with E-state index in [4.69, 9.17) is 9.47 Å². The van der Waals surface area contributed by atoms with Gasteiger partial charge in [0, 0.05) is 93.5 Å². The van der Waals surface area contributed by atoms with Crippen LogP contribution in [0.1, 0.15) is 70.1 Å². The van der Waals surface area contributed by atoms with Crippen LogP contribution in [-0.4, -0.2) is 98.2 Å². The van der Waals surface area contributed by atoms with Crippen molar-refractivity contribution in [2.24, 2.45) is 5.92 Å². The van der Waals surface area contributed by atoms with Crippen LogP contribution in [0.2, 0.25) is 0 Å². The Labute approximate surface area is 331 Å². The van der Waals surface area contributed by atoms with Crippen LogP contribution >= 0.6 is 0 Å². The molecule has 5 aliphatic heterocycles. The van der Waals surface area contributed by atoms with E-state index < -0.39 is 17.8 Å². The van der Waals surface area contributed by atoms with Gasteiger partial charge in [0.15, 0.2) is 0 Å². The second-order valence-corrected chi connectivity index (χ2v) is 16.1. The summed E-state index contributed by atoms with van der Waals surface area (Å²) in [6, 6.07) is 25.0. The summed E-state index contributed by atoms with van der Waals surface area (Å²) in [6.45, 7) is 6.81. The molecular formula is C45H48FN5O6. The number of imide groups is 1. The lowest BCUT2D eigenvalue weighted by Gasteiger charge is -2.40. The standard InChI is InChI=1S/C45H48FN5O6/c1-56-34-4-2-3-30(21-34)37-27-57-41-23-33(52)9-10-35(41)43(37)29-5-7-32(8-6-29)49-15-13-28(14-16-49)25-48-17-19-50(20-18-48)40-22-31-26-51(45(55)36(31)24-38(40)46)39-11-12-42(53)47-44(39)54/h2-10,21-24,28,37,39,43,52H,11-20,25-27H2,1H3,(H,47,53,54)/t37?,39?,43-/m1/s1. The summed E-state index contributed by atoms with van der Waals surface area (Å²) in [5.74, 6) is 0.879. The number of piperidine rings is 2. The fraction of sp³-hybridized carbons (Fsp3) is 0.400. The number of rotatable bonds is 8. The fourth-order valence-electron chi connectivity index (χ4n) is 9.59. The number of ether oxygens (including phenoxy) is 2. The molecule has 3 amide bonds. The zero-order valence-electron chi connectivity index (χ0n) is 32.2. The molecule has 12 heteroatoms. The number of methoxy groups -OCH3 is 1. The lowest BCUT2D eigenvalue weighted by atomic mass is 9.76. The summed E-state index contributed by atoms with van der Waals surface area (Å²) in [5, 5.41) is 12.5. The highest BCUT2D eigenvalue weighted by Gasteiger charge is 2.40. The molecule has 0 aromatic heterocycles. The Balaban J connectivity index is 0.796. The highest BCUT2D eigenvalue weighted by atomic mass is 19.1. The van der Waals surface area contributed by atoms with E-state index in [1.165, 1.54) is 22.2 Å². The predicted molar refractivity (Wildman–Crippen MR) is 214 cm³/mol. The van der Waals surface area contributed by atoms with Crippen molar-refractivity contribution in [1.82, 2.24) is 15.1 Å². The van der Waals surface area contributed by atoms with Gasteiger partial charge in [0.2, 0.25) is 11.8 Å². The van der Waals surface area contributed by atoms with Crippen LogP contribution in [0.5, 0.6) is 17.2 Å². The molecule has 4 aromatic carbocycles. The van der Waals surface area contributed by atoms with Gasteiger partial charge < -0.3 is 29.3 Å². The van der Waals surface area contributed by atoms with E-state index in [0.717, 1.165) is 73.8 Å². The van der Waals surface area contributed by atoms with Gasteiger partial charge in [0.1, 0.15) is 29.1 Å². The maximum absolute atomic E-state index is 15.5. The smallest absolute Gasteiger partial charge is 0.255 e. The number of phenolic OH excluding ortho intramolecular Hbond substituents is 1. The van der Waals surface area contributed by atoms with Crippen LogP contribution in [0.25, 0.3) is 0 Å². The summed E-state index contributed by atoms with van der Waals surface area (Å²) < 4.78 is 27.2. The monoisotopic (exact) mass is 773 g/mol. The van der Waals surface area contributed by atoms with E-state index in [9.17, 15) is 19.5 Å². The van der Waals surface area contributed by atoms with E-state index in [2.05, 4.69) is 56.4 Å². The summed E-state index contributed by atoms with van der Waals surface area (Å²) in [7, 11) is 1.68. The Hall–Kier alpha value is -5.62. The second kappa shape index (κ2) is 15.4. The second-order valence-electron chi connectivity index (χ2n) is 16.1. The average Bonchev–Trinajstić information content (AvgIpc) is 3.54. The number of benzene rings is 4. The molecule has 57 heavy (non-hydrogen) atoms. The number of carbonyl (C=O) groups is 3. The summed E-state index contributed by atoms with van der Waals surface area (Å²) in [6.07, 6.45) is 2.67. The number of phenols is 1. The molecule has 296 valence electrons. The Bertz CT molecular complexity index is 2180. The number of piperazine rings is 1. The van der Waals surface area contributed by atoms with Crippen molar-refractivity contribution in [3.8, 4) is 17.2 Å². The molecule has 0 aliphatic carbocycles. The molecule has 5 aliphatic rings. The zero-order valence-corrected chi connectivity index (χ0v) is 32.2. The van der Waals surface area contributed by atoms with Gasteiger partial charge in [0.25, 0.3) is 5.91 Å². The Morgan fingerprint density at radius 3 is 2.40 bits per heavy atom. The topological polar surface area (TPSA) is 115 Å². The molecule has 3 saturated heterocycles. The molecular weight excluding hydrogens is 726 g/mol. The molecule has 0 bridgehead atoms. The van der Waals surface area contributed by atoms with Crippen molar-refractivity contribution in [2.45, 2.75) is 50.1 Å². The third kappa shape index (κ3) is 7.27. The van der Waals surface area contributed by atoms with Gasteiger partial charge in [-0.2, -0.15) is 0 Å². The highest BCUT2D eigenvalue weighted by molar-refractivity contribution is 6.05. The maximum atomic E-state index is 15.5. The third-order valence-electron chi connectivity index (χ3n) is 12.7. The Kier molecular flexibility index (Phi) is 9.98. The van der Waals surface area contributed by atoms with Gasteiger partial charge in [-0.05, 0) is 84.3 Å². The van der Waals surface area contributed by atoms with Crippen molar-refractivity contribution in [1.29, 1.82) is 0 Å². The molecule has 0 spiro atoms. The minimum Gasteiger partial charge on any atom is -0.508 e. The van der Waals surface area contributed by atoms with Crippen molar-refractivity contribution >= 4 is 29.1 Å². The highest BCUT2D eigenvalue weighted by Crippen LogP contribution is 2.47. The van der Waals surface area contributed by atoms with E-state index in [1.807, 2.05) is 18.2 Å². The average molecular weight is 774 g/mol. The number of nitrogens with one attached hydrogen (secondary N) is 1. The van der Waals surface area contributed by atoms with Crippen LogP contribution in [0, 0.1) is 11.7 Å². The van der Waals surface area contributed by atoms with Gasteiger partial charge in [-0.25, -0.2) is 4.39 Å². The summed E-state index contributed by atoms with van der Waals surface area (Å²) in [4.78, 5) is 45.7. The molecule has 0 saturated carbocycles. The summed E-state index contributed by atoms with van der Waals surface area (Å²) >= 11 is 0. The van der Waals surface area contributed by atoms with Gasteiger partial charge >= 0.3 is 0 Å². The normalized spacial score (nSPS) is 22.9. The molecule has 0 radical (unpaired) electrons. The van der Waals surface area contributed by atoms with E-state index in [0.29, 0.717) is 36.9 Å². The van der Waals surface area contributed by atoms with Crippen LogP contribution < -0.4 is 24.6 Å². The van der Waals surface area contributed by atoms with Gasteiger partial charge in [-0.1, -0.05) is 30.3 Å². The first-order valence-electron chi connectivity index (χ1n) is 20.1. The van der Waals surface area contributed by atoms with Crippen LogP contribution in [0.4, 0.5) is 15.8 Å². The SMILES string of the molecule is COc1cccc(C2COc3cc(O)ccc3[C@H]2c2ccc(N3CCC(CN4CCN(c5cc6c(cc5F)C(=O)N(C5CCC(=O)NC5=O)C6)CC4)CC3)cc2)c1. The van der Waals surface area contributed by atoms with Crippen LogP contribution in [-0.2, 0) is 16.1 Å². The number of amides is 3. The van der Waals surface area contributed by atoms with Crippen LogP contribution in [0.3, 0.4) is 0 Å². The van der Waals surface area contributed by atoms with Crippen molar-refractivity contribution in [3.63, 3.8) is 0 Å². The van der Waals surface area contributed by atoms with Crippen molar-refractivity contribution < 1.29 is 33.4 Å². The quantitative estimate of drug-likeness (QED) is 0.220. The van der Waals surface area contributed by atoms with Gasteiger partial charge in [-0.15, -0.1) is 0 Å². The van der Waals surface area contributed by atoms with E-state index in [1.54, 1.807) is 25.3 Å². The maximum Gasteiger partial charge on any atom is 0.255 e. The lowest BCUT2D eigenvalue weighted by molar-refractivity contribution is -0.136. The lowest BCUT2D eigenvalue weighted by Crippen LogP contribution is -2.52. The molecule has 3 atom stereocenters. The molecule has 9 rings (SSSR count). The predicted octanol–water partition coefficient (Wildman–Crippen LogP) is 5.65. The number of hydrogen-bond donors (Lipinski definition) is 2. The number of halogens is 1. The number of hydrogen-bond acceptors (Lipinski definition) is 9. The Morgan fingerprint density at radius 2 is 1.65 bits per heavy atom. The third-order valence-corrected chi connectivity index (χ3v) is 12.7. The first-order chi connectivity index (χ1) is 27.7. The summed E-state index contributed by atoms with van der Waals surface area (Å²) in [5.41, 5.74) is 6.16. The first kappa shape index (κ1) is 37.0. The molecule has 3 fully saturated rings. The number of fused-ring (bicyclic) bond motifs is 2. The van der Waals surface area contributed by atoms with Gasteiger partial charge in [-0.3, -0.25) is 24.6 Å². The Morgan fingerprint density at radius 1 is 0.860 bits per heavy atom. The van der Waals surface area contributed by atoms with E-state index in [-0.39, 0.29) is 48.8 Å². The minimum atomic E-state index is -0.720. The van der Waals surface area contributed by atoms with Crippen molar-refractivity contribution in [2.75, 3.05) is 69.3 Å². The van der Waals surface area contributed by atoms with Crippen molar-refractivity contribution in [3.05, 3.63) is 112 Å². The first-order valence-corrected chi connectivity index (χ1v) is 20.1. The number of aromatic hydroxyl groups is 1. The van der Waals surface area contributed by atoms with E-state index >= 15 is 4.39 Å². The molecule has 2 unspecified atom stereocenters. The number of nitrogens with zero attached hydrogens (tertiary/aromatic N) is 4.